The van der Waals surface area contributed by atoms with E-state index in [4.69, 9.17) is 19.3 Å². The fourth-order valence-electron chi connectivity index (χ4n) is 3.88. The summed E-state index contributed by atoms with van der Waals surface area (Å²) >= 11 is 0. The van der Waals surface area contributed by atoms with E-state index in [1.54, 1.807) is 45.5 Å². The summed E-state index contributed by atoms with van der Waals surface area (Å²) < 4.78 is 17.1. The van der Waals surface area contributed by atoms with Gasteiger partial charge in [-0.1, -0.05) is 13.8 Å². The molecule has 35 heavy (non-hydrogen) atoms. The van der Waals surface area contributed by atoms with Crippen molar-refractivity contribution in [3.8, 4) is 5.75 Å². The van der Waals surface area contributed by atoms with E-state index in [1.165, 1.54) is 6.08 Å². The molecule has 0 radical (unpaired) electrons. The fourth-order valence-corrected chi connectivity index (χ4v) is 3.88. The minimum absolute atomic E-state index is 0.202. The first-order chi connectivity index (χ1) is 16.6. The number of ether oxygens (including phenoxy) is 2. The van der Waals surface area contributed by atoms with Crippen LogP contribution in [-0.4, -0.2) is 50.3 Å². The van der Waals surface area contributed by atoms with Gasteiger partial charge in [-0.05, 0) is 31.5 Å². The van der Waals surface area contributed by atoms with Gasteiger partial charge in [-0.25, -0.2) is 0 Å². The zero-order valence-electron chi connectivity index (χ0n) is 20.9. The van der Waals surface area contributed by atoms with E-state index in [0.29, 0.717) is 63.8 Å². The Morgan fingerprint density at radius 3 is 2.63 bits per heavy atom. The number of aromatic nitrogens is 1. The lowest BCUT2D eigenvalue weighted by atomic mass is 9.94. The van der Waals surface area contributed by atoms with Crippen LogP contribution in [0.3, 0.4) is 0 Å². The van der Waals surface area contributed by atoms with Gasteiger partial charge in [-0.15, -0.1) is 0 Å². The molecule has 0 aliphatic rings. The number of carbonyl (C=O) groups is 2. The fraction of sp³-hybridized carbons (Fsp3) is 0.346. The number of fused-ring (bicyclic) bond motifs is 1. The Balaban J connectivity index is 1.85. The van der Waals surface area contributed by atoms with Gasteiger partial charge in [0.25, 0.3) is 11.8 Å². The van der Waals surface area contributed by atoms with Crippen molar-refractivity contribution in [3.63, 3.8) is 0 Å². The van der Waals surface area contributed by atoms with Gasteiger partial charge < -0.3 is 34.9 Å². The number of hydrogen-bond acceptors (Lipinski definition) is 6. The second-order valence-corrected chi connectivity index (χ2v) is 9.05. The third-order valence-corrected chi connectivity index (χ3v) is 5.65. The number of H-pyrrole nitrogens is 1. The maximum absolute atomic E-state index is 12.8. The van der Waals surface area contributed by atoms with Crippen LogP contribution in [0.1, 0.15) is 51.6 Å². The molecule has 3 aromatic rings. The zero-order valence-corrected chi connectivity index (χ0v) is 20.9. The third-order valence-electron chi connectivity index (χ3n) is 5.65. The van der Waals surface area contributed by atoms with Gasteiger partial charge >= 0.3 is 0 Å². The van der Waals surface area contributed by atoms with E-state index in [2.05, 4.69) is 15.6 Å². The standard InChI is InChI=1S/C26H32N4O5/c1-15-19(24(31)30-13-26(3,4)14-33-6)12-29-23(15)20(9-10-27)35-17-7-8-18-21(11-17)34-16(2)22(18)25(32)28-5/h7-12,27,29H,13-14H2,1-6H3,(H,28,32)(H,30,31)/b20-9+,27-10?. The van der Waals surface area contributed by atoms with Crippen molar-refractivity contribution in [1.29, 1.82) is 5.41 Å². The van der Waals surface area contributed by atoms with E-state index < -0.39 is 0 Å². The minimum atomic E-state index is -0.224. The van der Waals surface area contributed by atoms with E-state index >= 15 is 0 Å². The quantitative estimate of drug-likeness (QED) is 0.255. The summed E-state index contributed by atoms with van der Waals surface area (Å²) in [6.45, 7) is 8.56. The molecular weight excluding hydrogens is 448 g/mol. The first-order valence-electron chi connectivity index (χ1n) is 11.2. The number of aryl methyl sites for hydroxylation is 1. The largest absolute Gasteiger partial charge is 0.460 e. The summed E-state index contributed by atoms with van der Waals surface area (Å²) in [6, 6.07) is 5.18. The molecule has 2 aromatic heterocycles. The number of nitrogens with one attached hydrogen (secondary N) is 4. The summed E-state index contributed by atoms with van der Waals surface area (Å²) in [5, 5.41) is 13.8. The predicted molar refractivity (Wildman–Crippen MR) is 135 cm³/mol. The number of methoxy groups -OCH3 is 1. The lowest BCUT2D eigenvalue weighted by Gasteiger charge is -2.23. The molecule has 1 aromatic carbocycles. The average molecular weight is 481 g/mol. The van der Waals surface area contributed by atoms with Crippen LogP contribution >= 0.6 is 0 Å². The van der Waals surface area contributed by atoms with Crippen LogP contribution in [-0.2, 0) is 4.74 Å². The Kier molecular flexibility index (Phi) is 7.81. The van der Waals surface area contributed by atoms with E-state index in [9.17, 15) is 9.59 Å². The molecule has 0 aliphatic carbocycles. The molecule has 4 N–H and O–H groups in total. The van der Waals surface area contributed by atoms with Gasteiger partial charge in [0.15, 0.2) is 5.76 Å². The number of allylic oxidation sites excluding steroid dienone is 1. The van der Waals surface area contributed by atoms with Crippen LogP contribution < -0.4 is 15.4 Å². The molecule has 0 aliphatic heterocycles. The SMILES string of the molecule is CNC(=O)c1c(C)oc2cc(O/C(=C/C=N)c3[nH]cc(C(=O)NCC(C)(C)COC)c3C)ccc12. The van der Waals surface area contributed by atoms with Crippen molar-refractivity contribution in [2.24, 2.45) is 5.41 Å². The Labute approximate surface area is 204 Å². The Morgan fingerprint density at radius 2 is 1.97 bits per heavy atom. The molecule has 0 spiro atoms. The van der Waals surface area contributed by atoms with E-state index in [-0.39, 0.29) is 17.2 Å². The number of rotatable bonds is 10. The smallest absolute Gasteiger partial charge is 0.255 e. The Hall–Kier alpha value is -3.85. The number of aromatic amines is 1. The Morgan fingerprint density at radius 1 is 1.23 bits per heavy atom. The molecule has 0 atom stereocenters. The van der Waals surface area contributed by atoms with Crippen molar-refractivity contribution in [1.82, 2.24) is 15.6 Å². The highest BCUT2D eigenvalue weighted by atomic mass is 16.5. The maximum Gasteiger partial charge on any atom is 0.255 e. The second-order valence-electron chi connectivity index (χ2n) is 9.05. The lowest BCUT2D eigenvalue weighted by Crippen LogP contribution is -2.36. The van der Waals surface area contributed by atoms with Gasteiger partial charge in [-0.3, -0.25) is 9.59 Å². The van der Waals surface area contributed by atoms with Crippen molar-refractivity contribution < 1.29 is 23.5 Å². The molecule has 9 heteroatoms. The topological polar surface area (TPSA) is 129 Å². The van der Waals surface area contributed by atoms with E-state index in [1.807, 2.05) is 20.8 Å². The third kappa shape index (κ3) is 5.63. The monoisotopic (exact) mass is 480 g/mol. The molecule has 0 saturated heterocycles. The van der Waals surface area contributed by atoms with Crippen molar-refractivity contribution >= 4 is 34.8 Å². The summed E-state index contributed by atoms with van der Waals surface area (Å²) in [5.41, 5.74) is 2.55. The van der Waals surface area contributed by atoms with Crippen LogP contribution in [0.25, 0.3) is 16.7 Å². The van der Waals surface area contributed by atoms with Crippen LogP contribution in [0, 0.1) is 24.7 Å². The molecule has 0 saturated carbocycles. The van der Waals surface area contributed by atoms with Gasteiger partial charge in [0, 0.05) is 56.1 Å². The normalized spacial score (nSPS) is 12.0. The molecule has 0 unspecified atom stereocenters. The molecule has 0 fully saturated rings. The van der Waals surface area contributed by atoms with Gasteiger partial charge in [-0.2, -0.15) is 0 Å². The Bertz CT molecular complexity index is 1280. The van der Waals surface area contributed by atoms with Crippen LogP contribution in [0.2, 0.25) is 0 Å². The summed E-state index contributed by atoms with van der Waals surface area (Å²) in [6.07, 6.45) is 4.23. The number of furan rings is 1. The lowest BCUT2D eigenvalue weighted by molar-refractivity contribution is 0.0846. The van der Waals surface area contributed by atoms with E-state index in [0.717, 1.165) is 6.21 Å². The average Bonchev–Trinajstić information content (AvgIpc) is 3.35. The summed E-state index contributed by atoms with van der Waals surface area (Å²) in [5.74, 6) is 0.904. The molecule has 3 rings (SSSR count). The maximum atomic E-state index is 12.8. The molecule has 9 nitrogen and oxygen atoms in total. The molecule has 0 bridgehead atoms. The van der Waals surface area contributed by atoms with Crippen molar-refractivity contribution in [2.75, 3.05) is 27.3 Å². The molecule has 2 amide bonds. The second kappa shape index (κ2) is 10.6. The van der Waals surface area contributed by atoms with Crippen LogP contribution in [0.5, 0.6) is 5.75 Å². The van der Waals surface area contributed by atoms with Gasteiger partial charge in [0.2, 0.25) is 0 Å². The molecule has 2 heterocycles. The number of hydrogen-bond donors (Lipinski definition) is 4. The summed E-state index contributed by atoms with van der Waals surface area (Å²) in [7, 11) is 3.20. The summed E-state index contributed by atoms with van der Waals surface area (Å²) in [4.78, 5) is 28.1. The first-order valence-corrected chi connectivity index (χ1v) is 11.2. The van der Waals surface area contributed by atoms with Crippen LogP contribution in [0.15, 0.2) is 34.9 Å². The number of benzene rings is 1. The first kappa shape index (κ1) is 25.8. The van der Waals surface area contributed by atoms with Gasteiger partial charge in [0.1, 0.15) is 17.1 Å². The van der Waals surface area contributed by atoms with Crippen molar-refractivity contribution in [3.05, 3.63) is 58.6 Å². The molecular formula is C26H32N4O5. The minimum Gasteiger partial charge on any atom is -0.460 e. The van der Waals surface area contributed by atoms with Crippen molar-refractivity contribution in [2.45, 2.75) is 27.7 Å². The highest BCUT2D eigenvalue weighted by Crippen LogP contribution is 2.31. The molecule has 186 valence electrons. The number of amides is 2. The number of carbonyl (C=O) groups excluding carboxylic acids is 2. The highest BCUT2D eigenvalue weighted by molar-refractivity contribution is 6.07. The predicted octanol–water partition coefficient (Wildman–Crippen LogP) is 4.21. The van der Waals surface area contributed by atoms with Crippen LogP contribution in [0.4, 0.5) is 0 Å². The highest BCUT2D eigenvalue weighted by Gasteiger charge is 2.23. The van der Waals surface area contributed by atoms with Gasteiger partial charge in [0.05, 0.1) is 23.4 Å². The zero-order chi connectivity index (χ0) is 25.8.